The predicted molar refractivity (Wildman–Crippen MR) is 128 cm³/mol. The summed E-state index contributed by atoms with van der Waals surface area (Å²) in [4.78, 5) is 18.6. The molecule has 2 aliphatic rings. The molecular formula is C25H28N6O. The van der Waals surface area contributed by atoms with E-state index >= 15 is 0 Å². The monoisotopic (exact) mass is 428 g/mol. The maximum Gasteiger partial charge on any atom is 0.229 e. The number of hydrogen-bond donors (Lipinski definition) is 1. The number of anilines is 4. The molecule has 1 fully saturated rings. The lowest BCUT2D eigenvalue weighted by molar-refractivity contribution is 0.122. The Morgan fingerprint density at radius 2 is 2.00 bits per heavy atom. The Hall–Kier alpha value is -3.45. The number of allylic oxidation sites excluding steroid dienone is 1. The number of benzene rings is 1. The molecule has 1 N–H and O–H groups in total. The summed E-state index contributed by atoms with van der Waals surface area (Å²) >= 11 is 0. The highest BCUT2D eigenvalue weighted by molar-refractivity contribution is 5.73. The van der Waals surface area contributed by atoms with Crippen molar-refractivity contribution in [3.8, 4) is 0 Å². The van der Waals surface area contributed by atoms with Crippen molar-refractivity contribution >= 4 is 23.3 Å². The standard InChI is InChI=1S/C25H28N6O/c1-19-5-2-6-20(17-19)7-3-11-27-23-22-9-12-31(21-8-4-10-26-18-21)24(22)29-25(28-23)30-13-15-32-16-14-30/h2-6,8,10-11,17-18H,7,9,12-16H2,1H3,(H,27,28,29)/b11-3-. The van der Waals surface area contributed by atoms with Gasteiger partial charge >= 0.3 is 0 Å². The van der Waals surface area contributed by atoms with Gasteiger partial charge in [0.05, 0.1) is 25.1 Å². The van der Waals surface area contributed by atoms with Gasteiger partial charge in [0.25, 0.3) is 0 Å². The van der Waals surface area contributed by atoms with E-state index in [-0.39, 0.29) is 0 Å². The molecule has 7 nitrogen and oxygen atoms in total. The van der Waals surface area contributed by atoms with Crippen LogP contribution in [0.5, 0.6) is 0 Å². The molecule has 1 aromatic carbocycles. The Bertz CT molecular complexity index is 1090. The SMILES string of the molecule is Cc1cccc(C/C=C\Nc2nc(N3CCOCC3)nc3c2CCN3c2cccnc2)c1. The molecule has 164 valence electrons. The molecule has 0 spiro atoms. The number of nitrogens with zero attached hydrogens (tertiary/aromatic N) is 5. The largest absolute Gasteiger partial charge is 0.378 e. The third-order valence-electron chi connectivity index (χ3n) is 5.84. The number of hydrogen-bond acceptors (Lipinski definition) is 7. The molecule has 0 radical (unpaired) electrons. The number of morpholine rings is 1. The first-order valence-electron chi connectivity index (χ1n) is 11.2. The first-order chi connectivity index (χ1) is 15.8. The highest BCUT2D eigenvalue weighted by Crippen LogP contribution is 2.37. The zero-order valence-electron chi connectivity index (χ0n) is 18.4. The number of rotatable bonds is 6. The van der Waals surface area contributed by atoms with Crippen molar-refractivity contribution < 1.29 is 4.74 Å². The van der Waals surface area contributed by atoms with Gasteiger partial charge in [-0.1, -0.05) is 35.9 Å². The summed E-state index contributed by atoms with van der Waals surface area (Å²) in [5.41, 5.74) is 4.78. The number of aromatic nitrogens is 3. The van der Waals surface area contributed by atoms with Gasteiger partial charge < -0.3 is 19.9 Å². The van der Waals surface area contributed by atoms with Crippen LogP contribution in [0.2, 0.25) is 0 Å². The van der Waals surface area contributed by atoms with Crippen LogP contribution in [-0.2, 0) is 17.6 Å². The number of pyridine rings is 1. The Morgan fingerprint density at radius 3 is 2.81 bits per heavy atom. The highest BCUT2D eigenvalue weighted by Gasteiger charge is 2.28. The lowest BCUT2D eigenvalue weighted by Gasteiger charge is -2.28. The number of aryl methyl sites for hydroxylation is 1. The third kappa shape index (κ3) is 4.43. The van der Waals surface area contributed by atoms with Crippen molar-refractivity contribution in [2.24, 2.45) is 0 Å². The molecule has 4 heterocycles. The van der Waals surface area contributed by atoms with Gasteiger partial charge in [-0.3, -0.25) is 4.98 Å². The summed E-state index contributed by atoms with van der Waals surface area (Å²) in [6.45, 7) is 5.99. The van der Waals surface area contributed by atoms with Crippen LogP contribution in [0.1, 0.15) is 16.7 Å². The topological polar surface area (TPSA) is 66.4 Å². The van der Waals surface area contributed by atoms with Crippen LogP contribution in [0.4, 0.5) is 23.3 Å². The molecule has 32 heavy (non-hydrogen) atoms. The lowest BCUT2D eigenvalue weighted by atomic mass is 10.1. The molecule has 0 saturated carbocycles. The molecule has 5 rings (SSSR count). The molecule has 0 unspecified atom stereocenters. The molecule has 7 heteroatoms. The van der Waals surface area contributed by atoms with Crippen LogP contribution in [-0.4, -0.2) is 47.8 Å². The quantitative estimate of drug-likeness (QED) is 0.639. The molecule has 0 atom stereocenters. The fraction of sp³-hybridized carbons (Fsp3) is 0.320. The van der Waals surface area contributed by atoms with E-state index in [4.69, 9.17) is 14.7 Å². The minimum absolute atomic E-state index is 0.700. The molecule has 0 bridgehead atoms. The van der Waals surface area contributed by atoms with Crippen molar-refractivity contribution in [3.05, 3.63) is 77.8 Å². The van der Waals surface area contributed by atoms with Gasteiger partial charge in [0.15, 0.2) is 0 Å². The molecular weight excluding hydrogens is 400 g/mol. The maximum atomic E-state index is 5.52. The minimum atomic E-state index is 0.700. The van der Waals surface area contributed by atoms with Gasteiger partial charge in [-0.05, 0) is 43.7 Å². The van der Waals surface area contributed by atoms with Crippen LogP contribution in [0.3, 0.4) is 0 Å². The first-order valence-corrected chi connectivity index (χ1v) is 11.2. The van der Waals surface area contributed by atoms with Crippen molar-refractivity contribution in [2.75, 3.05) is 48.0 Å². The smallest absolute Gasteiger partial charge is 0.229 e. The maximum absolute atomic E-state index is 5.52. The summed E-state index contributed by atoms with van der Waals surface area (Å²) in [6, 6.07) is 12.6. The average molecular weight is 429 g/mol. The zero-order chi connectivity index (χ0) is 21.8. The van der Waals surface area contributed by atoms with Gasteiger partial charge in [0, 0.05) is 31.4 Å². The predicted octanol–water partition coefficient (Wildman–Crippen LogP) is 3.88. The van der Waals surface area contributed by atoms with E-state index in [1.165, 1.54) is 11.1 Å². The van der Waals surface area contributed by atoms with Crippen molar-refractivity contribution in [1.29, 1.82) is 0 Å². The molecule has 2 aromatic heterocycles. The van der Waals surface area contributed by atoms with E-state index in [1.807, 2.05) is 18.5 Å². The first kappa shape index (κ1) is 20.5. The summed E-state index contributed by atoms with van der Waals surface area (Å²) in [5.74, 6) is 2.59. The van der Waals surface area contributed by atoms with Crippen molar-refractivity contribution in [1.82, 2.24) is 15.0 Å². The average Bonchev–Trinajstić information content (AvgIpc) is 3.27. The summed E-state index contributed by atoms with van der Waals surface area (Å²) < 4.78 is 5.52. The summed E-state index contributed by atoms with van der Waals surface area (Å²) in [5, 5.41) is 3.45. The van der Waals surface area contributed by atoms with Gasteiger partial charge in [-0.15, -0.1) is 0 Å². The second-order valence-electron chi connectivity index (χ2n) is 8.13. The molecule has 0 amide bonds. The fourth-order valence-corrected chi connectivity index (χ4v) is 4.20. The van der Waals surface area contributed by atoms with Crippen LogP contribution in [0.15, 0.2) is 61.1 Å². The second kappa shape index (κ2) is 9.36. The van der Waals surface area contributed by atoms with E-state index in [0.717, 1.165) is 61.3 Å². The summed E-state index contributed by atoms with van der Waals surface area (Å²) in [7, 11) is 0. The molecule has 2 aliphatic heterocycles. The Balaban J connectivity index is 1.42. The highest BCUT2D eigenvalue weighted by atomic mass is 16.5. The van der Waals surface area contributed by atoms with Gasteiger partial charge in [-0.2, -0.15) is 9.97 Å². The van der Waals surface area contributed by atoms with Crippen LogP contribution >= 0.6 is 0 Å². The molecule has 1 saturated heterocycles. The zero-order valence-corrected chi connectivity index (χ0v) is 18.4. The van der Waals surface area contributed by atoms with E-state index < -0.39 is 0 Å². The van der Waals surface area contributed by atoms with E-state index in [2.05, 4.69) is 63.4 Å². The summed E-state index contributed by atoms with van der Waals surface area (Å²) in [6.07, 6.45) is 9.60. The molecule has 3 aromatic rings. The minimum Gasteiger partial charge on any atom is -0.378 e. The van der Waals surface area contributed by atoms with Crippen molar-refractivity contribution in [2.45, 2.75) is 19.8 Å². The third-order valence-corrected chi connectivity index (χ3v) is 5.84. The van der Waals surface area contributed by atoms with Gasteiger partial charge in [0.1, 0.15) is 11.6 Å². The number of ether oxygens (including phenoxy) is 1. The van der Waals surface area contributed by atoms with Crippen LogP contribution in [0, 0.1) is 6.92 Å². The Labute approximate surface area is 188 Å². The van der Waals surface area contributed by atoms with Gasteiger partial charge in [0.2, 0.25) is 5.95 Å². The normalized spacial score (nSPS) is 15.9. The van der Waals surface area contributed by atoms with E-state index in [9.17, 15) is 0 Å². The van der Waals surface area contributed by atoms with Crippen molar-refractivity contribution in [3.63, 3.8) is 0 Å². The lowest BCUT2D eigenvalue weighted by Crippen LogP contribution is -2.37. The van der Waals surface area contributed by atoms with E-state index in [1.54, 1.807) is 6.20 Å². The number of fused-ring (bicyclic) bond motifs is 1. The Kier molecular flexibility index (Phi) is 5.98. The molecule has 0 aliphatic carbocycles. The fourth-order valence-electron chi connectivity index (χ4n) is 4.20. The van der Waals surface area contributed by atoms with Crippen LogP contribution < -0.4 is 15.1 Å². The van der Waals surface area contributed by atoms with E-state index in [0.29, 0.717) is 13.2 Å². The van der Waals surface area contributed by atoms with Gasteiger partial charge in [-0.25, -0.2) is 0 Å². The Morgan fingerprint density at radius 1 is 1.09 bits per heavy atom. The number of nitrogens with one attached hydrogen (secondary N) is 1. The second-order valence-corrected chi connectivity index (χ2v) is 8.13. The van der Waals surface area contributed by atoms with Crippen LogP contribution in [0.25, 0.3) is 0 Å².